The Morgan fingerprint density at radius 3 is 2.54 bits per heavy atom. The molecule has 0 radical (unpaired) electrons. The highest BCUT2D eigenvalue weighted by Gasteiger charge is 2.64. The molecule has 6 bridgehead atoms. The maximum absolute atomic E-state index is 14.2. The molecule has 10 rings (SSSR count). The first-order valence-electron chi connectivity index (χ1n) is 19.6. The minimum atomic E-state index is -0.989. The Morgan fingerprint density at radius 1 is 1.04 bits per heavy atom. The summed E-state index contributed by atoms with van der Waals surface area (Å²) in [7, 11) is 5.25. The van der Waals surface area contributed by atoms with Gasteiger partial charge in [-0.2, -0.15) is 0 Å². The van der Waals surface area contributed by atoms with E-state index in [2.05, 4.69) is 63.2 Å². The molecular weight excluding hydrogens is 681 g/mol. The third-order valence-corrected chi connectivity index (χ3v) is 14.7. The first-order valence-corrected chi connectivity index (χ1v) is 19.6. The Balaban J connectivity index is 1.30. The second-order valence-corrected chi connectivity index (χ2v) is 17.0. The molecule has 1 saturated carbocycles. The van der Waals surface area contributed by atoms with Crippen molar-refractivity contribution in [3.05, 3.63) is 76.1 Å². The summed E-state index contributed by atoms with van der Waals surface area (Å²) >= 11 is 0. The number of hydrogen-bond donors (Lipinski definition) is 3. The van der Waals surface area contributed by atoms with Gasteiger partial charge >= 0.3 is 5.97 Å². The lowest BCUT2D eigenvalue weighted by Crippen LogP contribution is -2.68. The number of aliphatic hydroxyl groups excluding tert-OH is 1. The van der Waals surface area contributed by atoms with Crippen molar-refractivity contribution in [3.8, 4) is 5.75 Å². The fraction of sp³-hybridized carbons (Fsp3) is 0.523. The van der Waals surface area contributed by atoms with Gasteiger partial charge in [-0.3, -0.25) is 24.2 Å². The summed E-state index contributed by atoms with van der Waals surface area (Å²) in [6, 6.07) is 12.3. The van der Waals surface area contributed by atoms with Gasteiger partial charge in [-0.25, -0.2) is 0 Å². The lowest BCUT2D eigenvalue weighted by Gasteiger charge is -2.57. The van der Waals surface area contributed by atoms with Gasteiger partial charge in [-0.15, -0.1) is 0 Å². The fourth-order valence-electron chi connectivity index (χ4n) is 12.5. The maximum Gasteiger partial charge on any atom is 0.319 e. The van der Waals surface area contributed by atoms with Crippen molar-refractivity contribution < 1.29 is 29.0 Å². The molecule has 6 heterocycles. The molecule has 2 aromatic carbocycles. The average Bonchev–Trinajstić information content (AvgIpc) is 3.69. The molecule has 2 aromatic heterocycles. The van der Waals surface area contributed by atoms with Gasteiger partial charge in [-0.05, 0) is 95.0 Å². The maximum atomic E-state index is 14.2. The van der Waals surface area contributed by atoms with E-state index in [4.69, 9.17) is 9.47 Å². The minimum Gasteiger partial charge on any atom is -0.496 e. The number of fused-ring (bicyclic) bond motifs is 9. The third kappa shape index (κ3) is 4.65. The first kappa shape index (κ1) is 35.5. The molecule has 2 unspecified atom stereocenters. The average molecular weight is 733 g/mol. The number of likely N-dealkylation sites (tertiary alicyclic amines) is 1. The SMILES string of the molecule is C/C=C1/CN(C)[C@H]2Cc3c([nH]c4ccccc34)[C@H](c3cc4c5c([nH]c4cc3OC)[C@]3(C(=O)OC)C[C@@H]4C[C@H](C(C)=O)[C@@H]3N(CC5)C4)C[C@H]1C2(CO)C(C)=O. The van der Waals surface area contributed by atoms with E-state index < -0.39 is 10.8 Å². The number of carbonyl (C=O) groups is 3. The molecule has 54 heavy (non-hydrogen) atoms. The number of esters is 1. The van der Waals surface area contributed by atoms with E-state index >= 15 is 0 Å². The normalized spacial score (nSPS) is 33.8. The molecule has 2 aliphatic carbocycles. The zero-order valence-electron chi connectivity index (χ0n) is 32.3. The summed E-state index contributed by atoms with van der Waals surface area (Å²) in [5.74, 6) is 0.164. The van der Waals surface area contributed by atoms with Crippen LogP contribution in [0.2, 0.25) is 0 Å². The van der Waals surface area contributed by atoms with E-state index in [0.29, 0.717) is 19.3 Å². The van der Waals surface area contributed by atoms with Crippen LogP contribution < -0.4 is 4.74 Å². The summed E-state index contributed by atoms with van der Waals surface area (Å²) in [6.07, 6.45) is 5.53. The summed E-state index contributed by atoms with van der Waals surface area (Å²) in [5.41, 5.74) is 6.38. The van der Waals surface area contributed by atoms with Gasteiger partial charge in [-0.1, -0.05) is 29.8 Å². The zero-order chi connectivity index (χ0) is 37.8. The van der Waals surface area contributed by atoms with Crippen LogP contribution in [0.5, 0.6) is 5.75 Å². The Labute approximate surface area is 316 Å². The van der Waals surface area contributed by atoms with Gasteiger partial charge in [0.05, 0.1) is 26.2 Å². The van der Waals surface area contributed by atoms with Crippen LogP contribution in [0.3, 0.4) is 0 Å². The Bertz CT molecular complexity index is 2250. The highest BCUT2D eigenvalue weighted by molar-refractivity contribution is 5.94. The lowest BCUT2D eigenvalue weighted by molar-refractivity contribution is -0.164. The summed E-state index contributed by atoms with van der Waals surface area (Å²) in [5, 5.41) is 13.6. The Hall–Kier alpha value is -4.25. The predicted octanol–water partition coefficient (Wildman–Crippen LogP) is 5.45. The van der Waals surface area contributed by atoms with Crippen LogP contribution in [0.25, 0.3) is 21.8 Å². The van der Waals surface area contributed by atoms with Gasteiger partial charge in [0.1, 0.15) is 22.7 Å². The number of piperidine rings is 3. The number of ether oxygens (including phenoxy) is 2. The van der Waals surface area contributed by atoms with Crippen LogP contribution >= 0.6 is 0 Å². The molecule has 284 valence electrons. The molecule has 10 heteroatoms. The lowest BCUT2D eigenvalue weighted by atomic mass is 9.56. The van der Waals surface area contributed by atoms with Crippen LogP contribution in [-0.2, 0) is 37.4 Å². The second-order valence-electron chi connectivity index (χ2n) is 17.0. The van der Waals surface area contributed by atoms with Crippen LogP contribution in [0.15, 0.2) is 48.0 Å². The number of aliphatic hydroxyl groups is 1. The molecule has 4 aromatic rings. The summed E-state index contributed by atoms with van der Waals surface area (Å²) in [4.78, 5) is 53.8. The van der Waals surface area contributed by atoms with Crippen molar-refractivity contribution >= 4 is 39.3 Å². The highest BCUT2D eigenvalue weighted by Crippen LogP contribution is 2.57. The topological polar surface area (TPSA) is 128 Å². The third-order valence-electron chi connectivity index (χ3n) is 14.7. The van der Waals surface area contributed by atoms with Crippen LogP contribution in [0, 0.1) is 23.2 Å². The molecule has 6 aliphatic rings. The number of methoxy groups -OCH3 is 2. The molecule has 3 N–H and O–H groups in total. The number of H-pyrrole nitrogens is 2. The number of aromatic nitrogens is 2. The molecule has 4 fully saturated rings. The number of Topliss-reactive ketones (excluding diaryl/α,β-unsaturated/α-hetero) is 2. The molecular formula is C44H52N4O6. The van der Waals surface area contributed by atoms with Crippen LogP contribution in [-0.4, -0.2) is 102 Å². The molecule has 4 aliphatic heterocycles. The highest BCUT2D eigenvalue weighted by atomic mass is 16.5. The van der Waals surface area contributed by atoms with E-state index in [-0.39, 0.29) is 59.9 Å². The van der Waals surface area contributed by atoms with E-state index in [9.17, 15) is 19.5 Å². The first-order chi connectivity index (χ1) is 26.0. The van der Waals surface area contributed by atoms with Crippen molar-refractivity contribution in [2.75, 3.05) is 47.5 Å². The smallest absolute Gasteiger partial charge is 0.319 e. The quantitative estimate of drug-likeness (QED) is 0.177. The molecule has 9 atom stereocenters. The van der Waals surface area contributed by atoms with E-state index in [1.807, 2.05) is 13.0 Å². The summed E-state index contributed by atoms with van der Waals surface area (Å²) in [6.45, 7) is 7.49. The van der Waals surface area contributed by atoms with Gasteiger partial charge in [0, 0.05) is 88.4 Å². The number of allylic oxidation sites excluding steroid dienone is 1. The van der Waals surface area contributed by atoms with E-state index in [1.54, 1.807) is 21.0 Å². The van der Waals surface area contributed by atoms with Gasteiger partial charge in [0.15, 0.2) is 0 Å². The molecule has 0 spiro atoms. The van der Waals surface area contributed by atoms with Gasteiger partial charge in [0.25, 0.3) is 0 Å². The van der Waals surface area contributed by atoms with Crippen LogP contribution in [0.1, 0.15) is 74.0 Å². The van der Waals surface area contributed by atoms with Crippen molar-refractivity contribution in [1.29, 1.82) is 0 Å². The van der Waals surface area contributed by atoms with Crippen molar-refractivity contribution in [1.82, 2.24) is 19.8 Å². The van der Waals surface area contributed by atoms with E-state index in [1.165, 1.54) is 12.7 Å². The predicted molar refractivity (Wildman–Crippen MR) is 207 cm³/mol. The second kappa shape index (κ2) is 12.6. The number of likely N-dealkylation sites (N-methyl/N-ethyl adjacent to an activating group) is 1. The standard InChI is InChI=1S/C44H52N4O6/c1-7-26-21-47(4)38-17-33-27-10-8-9-11-35(27)45-39(33)32(16-34(26)44(38,22-49)24(3)51)31-15-30-28-12-13-48-20-25-14-29(23(2)50)41(48)43(19-25,42(52)54-6)40(28)46-36(30)18-37(31)53-5/h7-11,15,18,25,29,32,34,38,41,45-46,49H,12-14,16-17,19-22H2,1-6H3/b26-7-/t25-,29+,32-,34+,38-,41-,43+,44?/m0/s1. The number of aromatic amines is 2. The molecule has 0 amide bonds. The number of ketones is 2. The number of benzene rings is 2. The number of nitrogens with zero attached hydrogens (tertiary/aromatic N) is 2. The molecule has 10 nitrogen and oxygen atoms in total. The fourth-order valence-corrected chi connectivity index (χ4v) is 12.5. The Morgan fingerprint density at radius 2 is 1.83 bits per heavy atom. The summed E-state index contributed by atoms with van der Waals surface area (Å²) < 4.78 is 11.9. The zero-order valence-corrected chi connectivity index (χ0v) is 32.3. The van der Waals surface area contributed by atoms with Crippen molar-refractivity contribution in [2.24, 2.45) is 23.2 Å². The van der Waals surface area contributed by atoms with E-state index in [0.717, 1.165) is 88.1 Å². The minimum absolute atomic E-state index is 0.0127. The van der Waals surface area contributed by atoms with Crippen LogP contribution in [0.4, 0.5) is 0 Å². The number of para-hydroxylation sites is 1. The number of carbonyl (C=O) groups excluding carboxylic acids is 3. The van der Waals surface area contributed by atoms with Gasteiger partial charge in [0.2, 0.25) is 0 Å². The van der Waals surface area contributed by atoms with Crippen molar-refractivity contribution in [2.45, 2.75) is 76.3 Å². The number of rotatable bonds is 6. The molecule has 3 saturated heterocycles. The van der Waals surface area contributed by atoms with Gasteiger partial charge < -0.3 is 24.5 Å². The Kier molecular flexibility index (Phi) is 8.30. The number of nitrogens with one attached hydrogen (secondary N) is 2. The monoisotopic (exact) mass is 732 g/mol. The van der Waals surface area contributed by atoms with Crippen molar-refractivity contribution in [3.63, 3.8) is 0 Å². The largest absolute Gasteiger partial charge is 0.496 e. The number of hydrogen-bond acceptors (Lipinski definition) is 8.